The topological polar surface area (TPSA) is 29.1 Å². The van der Waals surface area contributed by atoms with E-state index in [0.717, 1.165) is 23.3 Å². The predicted octanol–water partition coefficient (Wildman–Crippen LogP) is 6.50. The molecule has 28 heavy (non-hydrogen) atoms. The number of hydrogen-bond donors (Lipinski definition) is 1. The van der Waals surface area contributed by atoms with Gasteiger partial charge in [0.25, 0.3) is 0 Å². The van der Waals surface area contributed by atoms with Gasteiger partial charge in [0.15, 0.2) is 5.78 Å². The summed E-state index contributed by atoms with van der Waals surface area (Å²) >= 11 is 12.2. The largest absolute Gasteiger partial charge is 0.358 e. The fourth-order valence-electron chi connectivity index (χ4n) is 4.07. The zero-order chi connectivity index (χ0) is 20.1. The van der Waals surface area contributed by atoms with Gasteiger partial charge in [0.1, 0.15) is 5.82 Å². The van der Waals surface area contributed by atoms with E-state index in [1.54, 1.807) is 0 Å². The van der Waals surface area contributed by atoms with Crippen molar-refractivity contribution in [2.45, 2.75) is 32.6 Å². The Kier molecular flexibility index (Phi) is 4.84. The van der Waals surface area contributed by atoms with Gasteiger partial charge in [-0.3, -0.25) is 4.79 Å². The molecule has 0 amide bonds. The molecule has 0 spiro atoms. The number of dihydropyridines is 1. The molecule has 1 unspecified atom stereocenters. The summed E-state index contributed by atoms with van der Waals surface area (Å²) in [6.45, 7) is 4.17. The smallest absolute Gasteiger partial charge is 0.162 e. The van der Waals surface area contributed by atoms with E-state index in [1.165, 1.54) is 12.1 Å². The molecule has 4 rings (SSSR count). The van der Waals surface area contributed by atoms with E-state index in [-0.39, 0.29) is 22.1 Å². The number of carbonyl (C=O) groups is 1. The molecule has 0 bridgehead atoms. The van der Waals surface area contributed by atoms with Gasteiger partial charge in [0.2, 0.25) is 0 Å². The van der Waals surface area contributed by atoms with Crippen molar-refractivity contribution in [1.29, 1.82) is 0 Å². The lowest BCUT2D eigenvalue weighted by molar-refractivity contribution is -0.118. The first-order valence-corrected chi connectivity index (χ1v) is 9.96. The van der Waals surface area contributed by atoms with Crippen LogP contribution in [-0.4, -0.2) is 5.78 Å². The molecule has 1 aliphatic heterocycles. The average molecular weight is 416 g/mol. The Hall–Kier alpha value is -2.10. The normalized spacial score (nSPS) is 21.1. The van der Waals surface area contributed by atoms with Gasteiger partial charge in [-0.1, -0.05) is 67.4 Å². The zero-order valence-corrected chi connectivity index (χ0v) is 17.2. The van der Waals surface area contributed by atoms with E-state index in [4.69, 9.17) is 23.2 Å². The molecule has 1 N–H and O–H groups in total. The number of nitrogens with one attached hydrogen (secondary N) is 1. The van der Waals surface area contributed by atoms with Gasteiger partial charge in [-0.2, -0.15) is 0 Å². The van der Waals surface area contributed by atoms with Crippen LogP contribution in [0.15, 0.2) is 59.8 Å². The van der Waals surface area contributed by atoms with Crippen LogP contribution in [-0.2, 0) is 4.79 Å². The Morgan fingerprint density at radius 3 is 2.50 bits per heavy atom. The summed E-state index contributed by atoms with van der Waals surface area (Å²) in [4.78, 5) is 13.0. The number of allylic oxidation sites excluding steroid dienone is 3. The summed E-state index contributed by atoms with van der Waals surface area (Å²) in [5.74, 6) is -0.581. The molecule has 1 heterocycles. The van der Waals surface area contributed by atoms with E-state index in [2.05, 4.69) is 19.2 Å². The van der Waals surface area contributed by atoms with Crippen molar-refractivity contribution < 1.29 is 9.18 Å². The molecule has 2 aromatic carbocycles. The molecule has 144 valence electrons. The molecule has 0 saturated carbocycles. The summed E-state index contributed by atoms with van der Waals surface area (Å²) < 4.78 is 14.1. The highest BCUT2D eigenvalue weighted by atomic mass is 35.5. The SMILES string of the molecule is CC1(C)CC(=O)C2=C(C1)NC(c1cc(F)c(Cl)cc1Cl)=CC2c1ccccc1. The van der Waals surface area contributed by atoms with E-state index < -0.39 is 5.82 Å². The molecular formula is C23H20Cl2FNO. The molecule has 0 fully saturated rings. The Balaban J connectivity index is 1.87. The number of hydrogen-bond acceptors (Lipinski definition) is 2. The molecule has 2 aromatic rings. The molecule has 0 radical (unpaired) electrons. The molecule has 2 nitrogen and oxygen atoms in total. The highest BCUT2D eigenvalue weighted by molar-refractivity contribution is 6.35. The first-order chi connectivity index (χ1) is 13.2. The lowest BCUT2D eigenvalue weighted by Gasteiger charge is -2.38. The Morgan fingerprint density at radius 1 is 1.07 bits per heavy atom. The second-order valence-corrected chi connectivity index (χ2v) is 8.99. The van der Waals surface area contributed by atoms with Gasteiger partial charge >= 0.3 is 0 Å². The molecular weight excluding hydrogens is 396 g/mol. The minimum atomic E-state index is -0.528. The van der Waals surface area contributed by atoms with Crippen LogP contribution in [0.3, 0.4) is 0 Å². The quantitative estimate of drug-likeness (QED) is 0.566. The van der Waals surface area contributed by atoms with Gasteiger partial charge in [0, 0.05) is 34.9 Å². The number of Topliss-reactive ketones (excluding diaryl/α,β-unsaturated/α-hetero) is 1. The lowest BCUT2D eigenvalue weighted by atomic mass is 9.70. The third kappa shape index (κ3) is 3.49. The number of rotatable bonds is 2. The Morgan fingerprint density at radius 2 is 1.79 bits per heavy atom. The van der Waals surface area contributed by atoms with Crippen molar-refractivity contribution in [2.24, 2.45) is 5.41 Å². The van der Waals surface area contributed by atoms with Crippen LogP contribution >= 0.6 is 23.2 Å². The predicted molar refractivity (Wildman–Crippen MR) is 112 cm³/mol. The summed E-state index contributed by atoms with van der Waals surface area (Å²) in [6.07, 6.45) is 3.21. The highest BCUT2D eigenvalue weighted by Crippen LogP contribution is 2.45. The molecule has 5 heteroatoms. The van der Waals surface area contributed by atoms with Crippen LogP contribution in [0.25, 0.3) is 5.70 Å². The molecule has 0 aromatic heterocycles. The third-order valence-corrected chi connectivity index (χ3v) is 5.91. The van der Waals surface area contributed by atoms with Gasteiger partial charge in [-0.05, 0) is 35.6 Å². The molecule has 1 aliphatic carbocycles. The van der Waals surface area contributed by atoms with Gasteiger partial charge < -0.3 is 5.32 Å². The van der Waals surface area contributed by atoms with E-state index in [0.29, 0.717) is 22.7 Å². The van der Waals surface area contributed by atoms with E-state index in [9.17, 15) is 9.18 Å². The van der Waals surface area contributed by atoms with Gasteiger partial charge in [-0.25, -0.2) is 4.39 Å². The van der Waals surface area contributed by atoms with Crippen LogP contribution < -0.4 is 5.32 Å². The fourth-order valence-corrected chi connectivity index (χ4v) is 4.56. The van der Waals surface area contributed by atoms with Crippen molar-refractivity contribution in [3.63, 3.8) is 0 Å². The highest BCUT2D eigenvalue weighted by Gasteiger charge is 2.38. The van der Waals surface area contributed by atoms with E-state index in [1.807, 2.05) is 36.4 Å². The maximum absolute atomic E-state index is 14.1. The van der Waals surface area contributed by atoms with Crippen LogP contribution in [0, 0.1) is 11.2 Å². The second kappa shape index (κ2) is 7.06. The second-order valence-electron chi connectivity index (χ2n) is 8.17. The first-order valence-electron chi connectivity index (χ1n) is 9.20. The fraction of sp³-hybridized carbons (Fsp3) is 0.261. The first kappa shape index (κ1) is 19.2. The van der Waals surface area contributed by atoms with Crippen LogP contribution in [0.2, 0.25) is 10.0 Å². The van der Waals surface area contributed by atoms with Gasteiger partial charge in [-0.15, -0.1) is 0 Å². The Bertz CT molecular complexity index is 1020. The number of carbonyl (C=O) groups excluding carboxylic acids is 1. The number of halogens is 3. The summed E-state index contributed by atoms with van der Waals surface area (Å²) in [7, 11) is 0. The molecule has 1 atom stereocenters. The standard InChI is InChI=1S/C23H20Cl2FNO/c1-23(2)11-20-22(21(28)12-23)14(13-6-4-3-5-7-13)9-19(27-20)15-8-18(26)17(25)10-16(15)24/h3-10,14,27H,11-12H2,1-2H3. The van der Waals surface area contributed by atoms with E-state index >= 15 is 0 Å². The van der Waals surface area contributed by atoms with Crippen LogP contribution in [0.5, 0.6) is 0 Å². The van der Waals surface area contributed by atoms with Crippen molar-refractivity contribution in [2.75, 3.05) is 0 Å². The molecule has 2 aliphatic rings. The van der Waals surface area contributed by atoms with Crippen LogP contribution in [0.1, 0.15) is 43.7 Å². The Labute approximate surface area is 174 Å². The lowest BCUT2D eigenvalue weighted by Crippen LogP contribution is -2.35. The monoisotopic (exact) mass is 415 g/mol. The molecule has 0 saturated heterocycles. The minimum absolute atomic E-state index is 0.0151. The van der Waals surface area contributed by atoms with Gasteiger partial charge in [0.05, 0.1) is 10.0 Å². The zero-order valence-electron chi connectivity index (χ0n) is 15.7. The van der Waals surface area contributed by atoms with Crippen molar-refractivity contribution in [1.82, 2.24) is 5.32 Å². The maximum atomic E-state index is 14.1. The number of benzene rings is 2. The van der Waals surface area contributed by atoms with Crippen LogP contribution in [0.4, 0.5) is 4.39 Å². The summed E-state index contributed by atoms with van der Waals surface area (Å²) in [5, 5.41) is 3.72. The van der Waals surface area contributed by atoms with Crippen molar-refractivity contribution in [3.05, 3.63) is 86.8 Å². The summed E-state index contributed by atoms with van der Waals surface area (Å²) in [5.41, 5.74) is 3.79. The van der Waals surface area contributed by atoms with Crippen molar-refractivity contribution >= 4 is 34.7 Å². The minimum Gasteiger partial charge on any atom is -0.358 e. The van der Waals surface area contributed by atoms with Crippen molar-refractivity contribution in [3.8, 4) is 0 Å². The average Bonchev–Trinajstić information content (AvgIpc) is 2.63. The third-order valence-electron chi connectivity index (χ3n) is 5.31. The number of ketones is 1. The maximum Gasteiger partial charge on any atom is 0.162 e. The summed E-state index contributed by atoms with van der Waals surface area (Å²) in [6, 6.07) is 12.6.